The molecule has 1 aromatic rings. The molecule has 2 N–H and O–H groups in total. The van der Waals surface area contributed by atoms with Gasteiger partial charge in [-0.15, -0.1) is 0 Å². The van der Waals surface area contributed by atoms with Crippen LogP contribution in [0.5, 0.6) is 0 Å². The number of nitrogens with zero attached hydrogens (tertiary/aromatic N) is 1. The second-order valence-electron chi connectivity index (χ2n) is 5.62. The number of rotatable bonds is 3. The fourth-order valence-electron chi connectivity index (χ4n) is 2.53. The Hall–Kier alpha value is -1.73. The first-order valence-corrected chi connectivity index (χ1v) is 7.50. The average molecular weight is 347 g/mol. The molecular formula is C15H17ClF2N2O3. The van der Waals surface area contributed by atoms with Gasteiger partial charge in [-0.2, -0.15) is 0 Å². The molecule has 1 atom stereocenters. The Morgan fingerprint density at radius 2 is 2.09 bits per heavy atom. The lowest BCUT2D eigenvalue weighted by molar-refractivity contribution is -0.150. The number of β-amino-alcohol motifs (C(OH)–C–C–N with tert-alkyl or cyclic N) is 1. The molecule has 126 valence electrons. The van der Waals surface area contributed by atoms with Crippen molar-refractivity contribution in [2.24, 2.45) is 0 Å². The van der Waals surface area contributed by atoms with E-state index in [1.54, 1.807) is 0 Å². The minimum Gasteiger partial charge on any atom is -0.378 e. The fourth-order valence-corrected chi connectivity index (χ4v) is 2.68. The van der Waals surface area contributed by atoms with E-state index in [1.165, 1.54) is 11.8 Å². The highest BCUT2D eigenvalue weighted by Gasteiger charge is 2.40. The molecule has 0 bridgehead atoms. The van der Waals surface area contributed by atoms with Crippen LogP contribution in [0.2, 0.25) is 5.02 Å². The Balaban J connectivity index is 2.04. The summed E-state index contributed by atoms with van der Waals surface area (Å²) in [6.07, 6.45) is 0.674. The van der Waals surface area contributed by atoms with E-state index in [1.807, 2.05) is 0 Å². The van der Waals surface area contributed by atoms with Gasteiger partial charge < -0.3 is 15.3 Å². The zero-order chi connectivity index (χ0) is 17.2. The maximum Gasteiger partial charge on any atom is 0.254 e. The Kier molecular flexibility index (Phi) is 5.21. The number of hydrogen-bond donors (Lipinski definition) is 2. The highest BCUT2D eigenvalue weighted by atomic mass is 35.5. The second-order valence-corrected chi connectivity index (χ2v) is 6.02. The topological polar surface area (TPSA) is 69.6 Å². The minimum absolute atomic E-state index is 0.0805. The van der Waals surface area contributed by atoms with Gasteiger partial charge >= 0.3 is 0 Å². The maximum absolute atomic E-state index is 13.7. The van der Waals surface area contributed by atoms with Crippen molar-refractivity contribution in [2.75, 3.05) is 13.1 Å². The van der Waals surface area contributed by atoms with Crippen LogP contribution in [-0.2, 0) is 16.1 Å². The van der Waals surface area contributed by atoms with Crippen LogP contribution in [-0.4, -0.2) is 40.5 Å². The third-order valence-corrected chi connectivity index (χ3v) is 4.16. The quantitative estimate of drug-likeness (QED) is 0.817. The van der Waals surface area contributed by atoms with Crippen molar-refractivity contribution < 1.29 is 23.5 Å². The van der Waals surface area contributed by atoms with Gasteiger partial charge in [0.05, 0.1) is 11.6 Å². The minimum atomic E-state index is -1.73. The lowest BCUT2D eigenvalue weighted by Crippen LogP contribution is -2.57. The molecule has 1 saturated heterocycles. The lowest BCUT2D eigenvalue weighted by Gasteiger charge is -2.37. The van der Waals surface area contributed by atoms with Gasteiger partial charge in [0.1, 0.15) is 11.6 Å². The fraction of sp³-hybridized carbons (Fsp3) is 0.467. The van der Waals surface area contributed by atoms with E-state index in [-0.39, 0.29) is 36.0 Å². The van der Waals surface area contributed by atoms with Gasteiger partial charge in [-0.05, 0) is 25.0 Å². The normalized spacial score (nSPS) is 21.2. The van der Waals surface area contributed by atoms with Crippen LogP contribution in [0.1, 0.15) is 25.3 Å². The molecule has 8 heteroatoms. The van der Waals surface area contributed by atoms with Gasteiger partial charge in [0.25, 0.3) is 5.91 Å². The first kappa shape index (κ1) is 17.6. The standard InChI is InChI=1S/C15H17ClF2N2O3/c1-9(21)20-4-2-3-15(23,8-20)14(22)19-7-10-5-13(18)11(16)6-12(10)17/h5-6,23H,2-4,7-8H2,1H3,(H,19,22)/t15-/m0/s1. The van der Waals surface area contributed by atoms with Crippen molar-refractivity contribution >= 4 is 23.4 Å². The van der Waals surface area contributed by atoms with Crippen LogP contribution in [0.4, 0.5) is 8.78 Å². The van der Waals surface area contributed by atoms with E-state index < -0.39 is 23.1 Å². The molecule has 23 heavy (non-hydrogen) atoms. The van der Waals surface area contributed by atoms with E-state index in [9.17, 15) is 23.5 Å². The molecule has 2 amide bonds. The SMILES string of the molecule is CC(=O)N1CCC[C@@](O)(C(=O)NCc2cc(F)c(Cl)cc2F)C1. The Bertz CT molecular complexity index is 641. The smallest absolute Gasteiger partial charge is 0.254 e. The summed E-state index contributed by atoms with van der Waals surface area (Å²) in [5.74, 6) is -2.51. The zero-order valence-electron chi connectivity index (χ0n) is 12.5. The molecule has 5 nitrogen and oxygen atoms in total. The van der Waals surface area contributed by atoms with Crippen LogP contribution in [0.3, 0.4) is 0 Å². The van der Waals surface area contributed by atoms with Crippen LogP contribution in [0.25, 0.3) is 0 Å². The molecule has 0 spiro atoms. The van der Waals surface area contributed by atoms with E-state index in [4.69, 9.17) is 11.6 Å². The lowest BCUT2D eigenvalue weighted by atomic mass is 9.91. The number of nitrogens with one attached hydrogen (secondary N) is 1. The Labute approximate surface area is 137 Å². The highest BCUT2D eigenvalue weighted by Crippen LogP contribution is 2.23. The molecule has 1 aromatic carbocycles. The largest absolute Gasteiger partial charge is 0.378 e. The van der Waals surface area contributed by atoms with E-state index in [0.29, 0.717) is 13.0 Å². The molecule has 1 fully saturated rings. The predicted octanol–water partition coefficient (Wildman–Crippen LogP) is 1.61. The van der Waals surface area contributed by atoms with Crippen molar-refractivity contribution in [3.8, 4) is 0 Å². The molecular weight excluding hydrogens is 330 g/mol. The number of piperidine rings is 1. The molecule has 1 aliphatic rings. The van der Waals surface area contributed by atoms with Crippen LogP contribution in [0, 0.1) is 11.6 Å². The van der Waals surface area contributed by atoms with Crippen molar-refractivity contribution in [1.29, 1.82) is 0 Å². The van der Waals surface area contributed by atoms with Crippen molar-refractivity contribution in [1.82, 2.24) is 10.2 Å². The van der Waals surface area contributed by atoms with Crippen molar-refractivity contribution in [2.45, 2.75) is 31.9 Å². The molecule has 0 radical (unpaired) electrons. The van der Waals surface area contributed by atoms with Gasteiger partial charge in [0.15, 0.2) is 5.60 Å². The predicted molar refractivity (Wildman–Crippen MR) is 79.7 cm³/mol. The molecule has 0 unspecified atom stereocenters. The maximum atomic E-state index is 13.7. The first-order valence-electron chi connectivity index (χ1n) is 7.12. The molecule has 0 aromatic heterocycles. The van der Waals surface area contributed by atoms with Gasteiger partial charge in [0.2, 0.25) is 5.91 Å². The van der Waals surface area contributed by atoms with E-state index in [2.05, 4.69) is 5.32 Å². The molecule has 1 aliphatic heterocycles. The van der Waals surface area contributed by atoms with Gasteiger partial charge in [-0.25, -0.2) is 8.78 Å². The number of amides is 2. The summed E-state index contributed by atoms with van der Waals surface area (Å²) in [5.41, 5.74) is -1.81. The third-order valence-electron chi connectivity index (χ3n) is 3.87. The van der Waals surface area contributed by atoms with Crippen LogP contribution >= 0.6 is 11.6 Å². The average Bonchev–Trinajstić information content (AvgIpc) is 2.49. The number of likely N-dealkylation sites (tertiary alicyclic amines) is 1. The highest BCUT2D eigenvalue weighted by molar-refractivity contribution is 6.30. The second kappa shape index (κ2) is 6.80. The number of carbonyl (C=O) groups is 2. The summed E-state index contributed by atoms with van der Waals surface area (Å²) in [6.45, 7) is 1.42. The summed E-state index contributed by atoms with van der Waals surface area (Å²) < 4.78 is 27.0. The van der Waals surface area contributed by atoms with Gasteiger partial charge in [0, 0.05) is 25.6 Å². The summed E-state index contributed by atoms with van der Waals surface area (Å²) in [4.78, 5) is 24.9. The van der Waals surface area contributed by atoms with Crippen molar-refractivity contribution in [3.63, 3.8) is 0 Å². The summed E-state index contributed by atoms with van der Waals surface area (Å²) in [5, 5.41) is 12.4. The first-order chi connectivity index (χ1) is 10.7. The zero-order valence-corrected chi connectivity index (χ0v) is 13.3. The molecule has 2 rings (SSSR count). The number of halogens is 3. The summed E-state index contributed by atoms with van der Waals surface area (Å²) >= 11 is 5.46. The Morgan fingerprint density at radius 1 is 1.39 bits per heavy atom. The van der Waals surface area contributed by atoms with Gasteiger partial charge in [-0.3, -0.25) is 9.59 Å². The number of hydrogen-bond acceptors (Lipinski definition) is 3. The molecule has 0 saturated carbocycles. The molecule has 1 heterocycles. The third kappa shape index (κ3) is 3.97. The summed E-state index contributed by atoms with van der Waals surface area (Å²) in [6, 6.07) is 1.72. The van der Waals surface area contributed by atoms with E-state index in [0.717, 1.165) is 12.1 Å². The number of benzene rings is 1. The summed E-state index contributed by atoms with van der Waals surface area (Å²) in [7, 11) is 0. The van der Waals surface area contributed by atoms with Crippen molar-refractivity contribution in [3.05, 3.63) is 34.4 Å². The Morgan fingerprint density at radius 3 is 2.74 bits per heavy atom. The number of aliphatic hydroxyl groups is 1. The molecule has 0 aliphatic carbocycles. The van der Waals surface area contributed by atoms with E-state index >= 15 is 0 Å². The number of carbonyl (C=O) groups excluding carboxylic acids is 2. The van der Waals surface area contributed by atoms with Crippen LogP contribution in [0.15, 0.2) is 12.1 Å². The van der Waals surface area contributed by atoms with Crippen LogP contribution < -0.4 is 5.32 Å². The van der Waals surface area contributed by atoms with Gasteiger partial charge in [-0.1, -0.05) is 11.6 Å². The monoisotopic (exact) mass is 346 g/mol.